The van der Waals surface area contributed by atoms with Crippen LogP contribution < -0.4 is 0 Å². The predicted octanol–water partition coefficient (Wildman–Crippen LogP) is 14.6. The van der Waals surface area contributed by atoms with Gasteiger partial charge in [-0.25, -0.2) is 0 Å². The molecule has 0 aliphatic carbocycles. The molecule has 3 nitrogen and oxygen atoms in total. The maximum Gasteiger partial charge on any atom is 0.145 e. The lowest BCUT2D eigenvalue weighted by Gasteiger charge is -2.20. The molecule has 0 bridgehead atoms. The van der Waals surface area contributed by atoms with Crippen molar-refractivity contribution in [3.8, 4) is 12.1 Å². The van der Waals surface area contributed by atoms with E-state index in [1.807, 2.05) is 12.2 Å². The minimum absolute atomic E-state index is 0.128. The van der Waals surface area contributed by atoms with Crippen LogP contribution >= 0.6 is 54.5 Å². The van der Waals surface area contributed by atoms with Crippen LogP contribution in [0.15, 0.2) is 30.9 Å². The first-order chi connectivity index (χ1) is 22.9. The van der Waals surface area contributed by atoms with Gasteiger partial charge in [0.2, 0.25) is 0 Å². The zero-order chi connectivity index (χ0) is 34.0. The molecule has 47 heavy (non-hydrogen) atoms. The van der Waals surface area contributed by atoms with Gasteiger partial charge in [0.25, 0.3) is 0 Å². The van der Waals surface area contributed by atoms with Crippen LogP contribution in [-0.4, -0.2) is 0 Å². The van der Waals surface area contributed by atoms with Gasteiger partial charge in [0, 0.05) is 5.57 Å². The van der Waals surface area contributed by atoms with E-state index in [1.165, 1.54) is 120 Å². The molecule has 3 heterocycles. The summed E-state index contributed by atoms with van der Waals surface area (Å²) in [7, 11) is 0. The Balaban J connectivity index is 2.10. The van der Waals surface area contributed by atoms with Gasteiger partial charge in [-0.05, 0) is 118 Å². The molecule has 0 amide bonds. The van der Waals surface area contributed by atoms with Gasteiger partial charge in [0.1, 0.15) is 29.2 Å². The van der Waals surface area contributed by atoms with Crippen molar-refractivity contribution < 1.29 is 4.74 Å². The molecule has 0 radical (unpaired) electrons. The van der Waals surface area contributed by atoms with Gasteiger partial charge < -0.3 is 4.74 Å². The molecule has 0 atom stereocenters. The number of hydrogen-bond acceptors (Lipinski definition) is 5. The molecular weight excluding hydrogens is 748 g/mol. The lowest BCUT2D eigenvalue weighted by Crippen LogP contribution is -2.04. The van der Waals surface area contributed by atoms with E-state index in [1.54, 1.807) is 22.7 Å². The van der Waals surface area contributed by atoms with E-state index in [0.29, 0.717) is 5.57 Å². The van der Waals surface area contributed by atoms with E-state index >= 15 is 0 Å². The normalized spacial score (nSPS) is 12.8. The third-order valence-electron chi connectivity index (χ3n) is 9.01. The molecule has 0 saturated heterocycles. The quantitative estimate of drug-likeness (QED) is 0.0880. The van der Waals surface area contributed by atoms with E-state index in [2.05, 4.69) is 71.7 Å². The third kappa shape index (κ3) is 11.7. The largest absolute Gasteiger partial charge is 0.454 e. The SMILES string of the molecule is CCCCCCc1c(Br)sc(C2=CC(=C(C#N)C#N)C=C(c3sc(Br)c(CCCCCC)c3CCCCCC)O2)c1CCCCCC. The van der Waals surface area contributed by atoms with Crippen molar-refractivity contribution in [2.45, 2.75) is 156 Å². The van der Waals surface area contributed by atoms with Gasteiger partial charge in [0.05, 0.1) is 17.3 Å². The highest BCUT2D eigenvalue weighted by Crippen LogP contribution is 2.46. The van der Waals surface area contributed by atoms with Crippen molar-refractivity contribution in [3.05, 3.63) is 62.9 Å². The van der Waals surface area contributed by atoms with E-state index < -0.39 is 0 Å². The Morgan fingerprint density at radius 2 is 0.894 bits per heavy atom. The van der Waals surface area contributed by atoms with Crippen LogP contribution in [0.4, 0.5) is 0 Å². The van der Waals surface area contributed by atoms with Crippen molar-refractivity contribution in [2.75, 3.05) is 0 Å². The Kier molecular flexibility index (Phi) is 18.8. The molecule has 1 aliphatic rings. The molecule has 0 fully saturated rings. The number of halogens is 2. The summed E-state index contributed by atoms with van der Waals surface area (Å²) in [6.07, 6.45) is 27.5. The van der Waals surface area contributed by atoms with Crippen LogP contribution in [-0.2, 0) is 30.4 Å². The summed E-state index contributed by atoms with van der Waals surface area (Å²) in [5, 5.41) is 19.9. The van der Waals surface area contributed by atoms with Gasteiger partial charge in [0.15, 0.2) is 0 Å². The van der Waals surface area contributed by atoms with Gasteiger partial charge in [-0.2, -0.15) is 10.5 Å². The third-order valence-corrected chi connectivity index (χ3v) is 13.1. The van der Waals surface area contributed by atoms with Crippen molar-refractivity contribution in [1.29, 1.82) is 10.5 Å². The number of ether oxygens (including phenoxy) is 1. The summed E-state index contributed by atoms with van der Waals surface area (Å²) >= 11 is 11.4. The topological polar surface area (TPSA) is 56.8 Å². The molecule has 0 saturated carbocycles. The number of nitriles is 2. The Morgan fingerprint density at radius 1 is 0.553 bits per heavy atom. The number of allylic oxidation sites excluding steroid dienone is 4. The monoisotopic (exact) mass is 800 g/mol. The molecule has 3 rings (SSSR count). The molecular formula is C40H54Br2N2OS2. The first kappa shape index (κ1) is 39.8. The second kappa shape index (κ2) is 22.2. The lowest BCUT2D eigenvalue weighted by molar-refractivity contribution is 0.468. The zero-order valence-electron chi connectivity index (χ0n) is 29.2. The fraction of sp³-hybridized carbons (Fsp3) is 0.600. The maximum atomic E-state index is 9.97. The highest BCUT2D eigenvalue weighted by Gasteiger charge is 2.28. The summed E-state index contributed by atoms with van der Waals surface area (Å²) < 4.78 is 9.31. The molecule has 256 valence electrons. The number of hydrogen-bond donors (Lipinski definition) is 0. The molecule has 0 N–H and O–H groups in total. The minimum atomic E-state index is 0.128. The van der Waals surface area contributed by atoms with Crippen LogP contribution in [0, 0.1) is 22.7 Å². The van der Waals surface area contributed by atoms with Crippen molar-refractivity contribution in [2.24, 2.45) is 0 Å². The van der Waals surface area contributed by atoms with Crippen LogP contribution in [0.25, 0.3) is 11.5 Å². The summed E-state index contributed by atoms with van der Waals surface area (Å²) in [6, 6.07) is 4.33. The number of thiophene rings is 2. The highest BCUT2D eigenvalue weighted by atomic mass is 79.9. The van der Waals surface area contributed by atoms with Crippen molar-refractivity contribution in [3.63, 3.8) is 0 Å². The number of rotatable bonds is 22. The molecule has 1 aliphatic heterocycles. The molecule has 0 spiro atoms. The van der Waals surface area contributed by atoms with E-state index in [9.17, 15) is 10.5 Å². The first-order valence-corrected chi connectivity index (χ1v) is 21.4. The van der Waals surface area contributed by atoms with Gasteiger partial charge in [-0.15, -0.1) is 22.7 Å². The Morgan fingerprint density at radius 3 is 1.21 bits per heavy atom. The van der Waals surface area contributed by atoms with Crippen molar-refractivity contribution >= 4 is 66.1 Å². The van der Waals surface area contributed by atoms with E-state index in [0.717, 1.165) is 59.8 Å². The summed E-state index contributed by atoms with van der Waals surface area (Å²) in [6.45, 7) is 9.03. The summed E-state index contributed by atoms with van der Waals surface area (Å²) in [5.41, 5.74) is 6.34. The second-order valence-electron chi connectivity index (χ2n) is 12.7. The van der Waals surface area contributed by atoms with Crippen LogP contribution in [0.3, 0.4) is 0 Å². The average Bonchev–Trinajstić information content (AvgIpc) is 3.56. The molecule has 0 aromatic carbocycles. The molecule has 2 aromatic heterocycles. The Labute approximate surface area is 310 Å². The zero-order valence-corrected chi connectivity index (χ0v) is 34.0. The minimum Gasteiger partial charge on any atom is -0.454 e. The second-order valence-corrected chi connectivity index (χ2v) is 17.4. The Bertz CT molecular complexity index is 1360. The van der Waals surface area contributed by atoms with E-state index in [4.69, 9.17) is 4.74 Å². The standard InChI is InChI=1S/C40H54Br2N2OS2/c1-5-9-13-17-21-31-33(23-19-15-11-7-3)39(41)46-37(31)35-25-29(30(27-43)28-44)26-36(45-35)38-32(22-18-14-10-6-2)34(40(42)47-38)24-20-16-12-8-4/h25-26H,5-24H2,1-4H3. The van der Waals surface area contributed by atoms with Gasteiger partial charge in [-0.3, -0.25) is 0 Å². The van der Waals surface area contributed by atoms with Crippen molar-refractivity contribution in [1.82, 2.24) is 0 Å². The Hall–Kier alpha value is -1.64. The fourth-order valence-electron chi connectivity index (χ4n) is 6.30. The van der Waals surface area contributed by atoms with Crippen LogP contribution in [0.2, 0.25) is 0 Å². The first-order valence-electron chi connectivity index (χ1n) is 18.2. The number of unbranched alkanes of at least 4 members (excludes halogenated alkanes) is 12. The molecule has 2 aromatic rings. The van der Waals surface area contributed by atoms with Gasteiger partial charge in [-0.1, -0.05) is 105 Å². The maximum absolute atomic E-state index is 9.97. The fourth-order valence-corrected chi connectivity index (χ4v) is 10.3. The number of nitrogens with zero attached hydrogens (tertiary/aromatic N) is 2. The van der Waals surface area contributed by atoms with Gasteiger partial charge >= 0.3 is 0 Å². The smallest absolute Gasteiger partial charge is 0.145 e. The highest BCUT2D eigenvalue weighted by molar-refractivity contribution is 9.11. The average molecular weight is 803 g/mol. The van der Waals surface area contributed by atoms with Crippen LogP contribution in [0.1, 0.15) is 162 Å². The lowest BCUT2D eigenvalue weighted by atomic mass is 9.96. The summed E-state index contributed by atoms with van der Waals surface area (Å²) in [4.78, 5) is 2.27. The van der Waals surface area contributed by atoms with Crippen LogP contribution in [0.5, 0.6) is 0 Å². The van der Waals surface area contributed by atoms with E-state index in [-0.39, 0.29) is 5.57 Å². The molecule has 7 heteroatoms. The molecule has 0 unspecified atom stereocenters. The predicted molar refractivity (Wildman–Crippen MR) is 211 cm³/mol. The summed E-state index contributed by atoms with van der Waals surface area (Å²) in [5.74, 6) is 1.53.